The molecular formula is C26H27ClN2O4S. The Morgan fingerprint density at radius 2 is 2.12 bits per heavy atom. The van der Waals surface area contributed by atoms with Crippen LogP contribution in [0.15, 0.2) is 52.5 Å². The Morgan fingerprint density at radius 1 is 1.26 bits per heavy atom. The molecule has 1 saturated carbocycles. The SMILES string of the molecule is Cc1cc(OC[C@@H]2c3ccsc3CCN2C(=O)CN(CC2CC2)C(=O)c2ccco2)ccc1Cl. The molecule has 2 aliphatic rings. The van der Waals surface area contributed by atoms with E-state index in [9.17, 15) is 9.59 Å². The zero-order valence-corrected chi connectivity index (χ0v) is 20.6. The van der Waals surface area contributed by atoms with E-state index in [0.717, 1.165) is 36.1 Å². The van der Waals surface area contributed by atoms with E-state index in [1.807, 2.05) is 30.0 Å². The zero-order chi connectivity index (χ0) is 23.7. The molecule has 0 bridgehead atoms. The molecule has 178 valence electrons. The predicted octanol–water partition coefficient (Wildman–Crippen LogP) is 5.36. The normalized spacial score (nSPS) is 17.4. The number of aryl methyl sites for hydroxylation is 1. The Hall–Kier alpha value is -2.77. The highest BCUT2D eigenvalue weighted by atomic mass is 35.5. The molecule has 5 rings (SSSR count). The van der Waals surface area contributed by atoms with Crippen molar-refractivity contribution in [1.82, 2.24) is 9.80 Å². The van der Waals surface area contributed by atoms with Crippen LogP contribution in [0.2, 0.25) is 5.02 Å². The third-order valence-electron chi connectivity index (χ3n) is 6.47. The number of hydrogen-bond acceptors (Lipinski definition) is 5. The number of halogens is 1. The van der Waals surface area contributed by atoms with Gasteiger partial charge in [-0.05, 0) is 85.0 Å². The summed E-state index contributed by atoms with van der Waals surface area (Å²) in [6.45, 7) is 3.49. The molecule has 2 amide bonds. The van der Waals surface area contributed by atoms with Crippen LogP contribution < -0.4 is 4.74 Å². The van der Waals surface area contributed by atoms with E-state index in [1.165, 1.54) is 11.1 Å². The monoisotopic (exact) mass is 498 g/mol. The van der Waals surface area contributed by atoms with Crippen molar-refractivity contribution < 1.29 is 18.7 Å². The van der Waals surface area contributed by atoms with Gasteiger partial charge in [-0.1, -0.05) is 11.6 Å². The van der Waals surface area contributed by atoms with Gasteiger partial charge >= 0.3 is 0 Å². The summed E-state index contributed by atoms with van der Waals surface area (Å²) in [7, 11) is 0. The number of ether oxygens (including phenoxy) is 1. The summed E-state index contributed by atoms with van der Waals surface area (Å²) in [6, 6.07) is 10.8. The molecule has 8 heteroatoms. The van der Waals surface area contributed by atoms with Crippen LogP contribution in [-0.4, -0.2) is 47.9 Å². The molecule has 34 heavy (non-hydrogen) atoms. The summed E-state index contributed by atoms with van der Waals surface area (Å²) in [6.07, 6.45) is 4.48. The van der Waals surface area contributed by atoms with Gasteiger partial charge in [0.2, 0.25) is 5.91 Å². The second kappa shape index (κ2) is 9.84. The quantitative estimate of drug-likeness (QED) is 0.419. The zero-order valence-electron chi connectivity index (χ0n) is 19.0. The average molecular weight is 499 g/mol. The van der Waals surface area contributed by atoms with Crippen molar-refractivity contribution >= 4 is 34.8 Å². The topological polar surface area (TPSA) is 63.0 Å². The number of nitrogens with zero attached hydrogens (tertiary/aromatic N) is 2. The molecule has 1 aromatic carbocycles. The number of furan rings is 1. The van der Waals surface area contributed by atoms with Crippen LogP contribution in [0.25, 0.3) is 0 Å². The molecule has 6 nitrogen and oxygen atoms in total. The van der Waals surface area contributed by atoms with Crippen LogP contribution in [-0.2, 0) is 11.2 Å². The maximum Gasteiger partial charge on any atom is 0.290 e. The molecule has 1 atom stereocenters. The van der Waals surface area contributed by atoms with E-state index in [4.69, 9.17) is 20.8 Å². The first kappa shape index (κ1) is 23.0. The lowest BCUT2D eigenvalue weighted by molar-refractivity contribution is -0.135. The molecular weight excluding hydrogens is 472 g/mol. The van der Waals surface area contributed by atoms with E-state index in [-0.39, 0.29) is 30.2 Å². The van der Waals surface area contributed by atoms with Crippen LogP contribution in [0.4, 0.5) is 0 Å². The molecule has 0 unspecified atom stereocenters. The summed E-state index contributed by atoms with van der Waals surface area (Å²) in [5.74, 6) is 1.15. The third kappa shape index (κ3) is 5.00. The second-order valence-corrected chi connectivity index (χ2v) is 10.4. The van der Waals surface area contributed by atoms with Gasteiger partial charge in [0, 0.05) is 23.0 Å². The fraction of sp³-hybridized carbons (Fsp3) is 0.385. The van der Waals surface area contributed by atoms with Gasteiger partial charge in [0.1, 0.15) is 18.9 Å². The maximum absolute atomic E-state index is 13.6. The fourth-order valence-electron chi connectivity index (χ4n) is 4.40. The second-order valence-electron chi connectivity index (χ2n) is 8.98. The number of rotatable bonds is 8. The van der Waals surface area contributed by atoms with Gasteiger partial charge in [0.15, 0.2) is 5.76 Å². The Labute approximate surface area is 208 Å². The van der Waals surface area contributed by atoms with E-state index in [0.29, 0.717) is 30.6 Å². The van der Waals surface area contributed by atoms with Gasteiger partial charge in [0.05, 0.1) is 12.3 Å². The fourth-order valence-corrected chi connectivity index (χ4v) is 5.44. The Bertz CT molecular complexity index is 1170. The first-order valence-corrected chi connectivity index (χ1v) is 12.8. The standard InChI is InChI=1S/C26H27ClN2O4S/c1-17-13-19(6-7-21(17)27)33-16-22-20-9-12-34-24(20)8-10-29(22)25(30)15-28(14-18-4-5-18)26(31)23-3-2-11-32-23/h2-3,6-7,9,11-13,18,22H,4-5,8,10,14-16H2,1H3/t22-/m1/s1. The van der Waals surface area contributed by atoms with E-state index < -0.39 is 0 Å². The number of hydrogen-bond donors (Lipinski definition) is 0. The lowest BCUT2D eigenvalue weighted by Gasteiger charge is -2.37. The molecule has 3 aromatic rings. The van der Waals surface area contributed by atoms with E-state index in [1.54, 1.807) is 28.4 Å². The average Bonchev–Trinajstić information content (AvgIpc) is 3.27. The van der Waals surface area contributed by atoms with Crippen molar-refractivity contribution in [2.45, 2.75) is 32.2 Å². The number of fused-ring (bicyclic) bond motifs is 1. The Kier molecular flexibility index (Phi) is 6.66. The Balaban J connectivity index is 1.33. The molecule has 1 fully saturated rings. The Morgan fingerprint density at radius 3 is 2.85 bits per heavy atom. The first-order chi connectivity index (χ1) is 16.5. The predicted molar refractivity (Wildman–Crippen MR) is 131 cm³/mol. The molecule has 0 saturated heterocycles. The summed E-state index contributed by atoms with van der Waals surface area (Å²) in [5.41, 5.74) is 2.07. The number of carbonyl (C=O) groups is 2. The minimum absolute atomic E-state index is 0.0338. The van der Waals surface area contributed by atoms with Crippen molar-refractivity contribution in [3.63, 3.8) is 0 Å². The summed E-state index contributed by atoms with van der Waals surface area (Å²) in [4.78, 5) is 31.4. The summed E-state index contributed by atoms with van der Waals surface area (Å²) in [5, 5.41) is 2.76. The molecule has 1 aliphatic heterocycles. The van der Waals surface area contributed by atoms with E-state index in [2.05, 4.69) is 11.4 Å². The van der Waals surface area contributed by atoms with Gasteiger partial charge < -0.3 is 19.0 Å². The number of thiophene rings is 1. The molecule has 0 radical (unpaired) electrons. The van der Waals surface area contributed by atoms with Gasteiger partial charge in [-0.25, -0.2) is 0 Å². The van der Waals surface area contributed by atoms with E-state index >= 15 is 0 Å². The lowest BCUT2D eigenvalue weighted by atomic mass is 10.0. The highest BCUT2D eigenvalue weighted by Crippen LogP contribution is 2.35. The van der Waals surface area contributed by atoms with Crippen molar-refractivity contribution in [3.05, 3.63) is 74.8 Å². The van der Waals surface area contributed by atoms with Crippen molar-refractivity contribution in [2.75, 3.05) is 26.2 Å². The molecule has 0 spiro atoms. The van der Waals surface area contributed by atoms with Crippen LogP contribution in [0.5, 0.6) is 5.75 Å². The number of carbonyl (C=O) groups excluding carboxylic acids is 2. The van der Waals surface area contributed by atoms with Gasteiger partial charge in [0.25, 0.3) is 5.91 Å². The molecule has 1 aliphatic carbocycles. The summed E-state index contributed by atoms with van der Waals surface area (Å²) >= 11 is 7.87. The van der Waals surface area contributed by atoms with Gasteiger partial charge in [-0.15, -0.1) is 11.3 Å². The van der Waals surface area contributed by atoms with Crippen molar-refractivity contribution in [3.8, 4) is 5.75 Å². The first-order valence-electron chi connectivity index (χ1n) is 11.6. The largest absolute Gasteiger partial charge is 0.491 e. The maximum atomic E-state index is 13.6. The third-order valence-corrected chi connectivity index (χ3v) is 7.89. The van der Waals surface area contributed by atoms with Gasteiger partial charge in [-0.3, -0.25) is 9.59 Å². The molecule has 3 heterocycles. The summed E-state index contributed by atoms with van der Waals surface area (Å²) < 4.78 is 11.5. The minimum Gasteiger partial charge on any atom is -0.491 e. The van der Waals surface area contributed by atoms with Crippen molar-refractivity contribution in [2.24, 2.45) is 5.92 Å². The highest BCUT2D eigenvalue weighted by Gasteiger charge is 2.35. The van der Waals surface area contributed by atoms with Gasteiger partial charge in [-0.2, -0.15) is 0 Å². The minimum atomic E-state index is -0.233. The van der Waals surface area contributed by atoms with Crippen LogP contribution in [0.1, 0.15) is 45.4 Å². The molecule has 0 N–H and O–H groups in total. The van der Waals surface area contributed by atoms with Crippen molar-refractivity contribution in [1.29, 1.82) is 0 Å². The van der Waals surface area contributed by atoms with Crippen LogP contribution >= 0.6 is 22.9 Å². The van der Waals surface area contributed by atoms with Crippen LogP contribution in [0.3, 0.4) is 0 Å². The van der Waals surface area contributed by atoms with Crippen LogP contribution in [0, 0.1) is 12.8 Å². The molecule has 2 aromatic heterocycles. The lowest BCUT2D eigenvalue weighted by Crippen LogP contribution is -2.48. The highest BCUT2D eigenvalue weighted by molar-refractivity contribution is 7.10. The smallest absolute Gasteiger partial charge is 0.290 e. The number of benzene rings is 1. The number of amides is 2.